The number of urea groups is 1. The van der Waals surface area contributed by atoms with Crippen LogP contribution < -0.4 is 25.8 Å². The third-order valence-corrected chi connectivity index (χ3v) is 6.88. The molecule has 3 amide bonds. The van der Waals surface area contributed by atoms with E-state index in [1.54, 1.807) is 71.6 Å². The van der Waals surface area contributed by atoms with E-state index in [4.69, 9.17) is 19.9 Å². The third kappa shape index (κ3) is 7.66. The third-order valence-electron chi connectivity index (χ3n) is 6.88. The lowest BCUT2D eigenvalue weighted by atomic mass is 10.1. The van der Waals surface area contributed by atoms with Crippen molar-refractivity contribution in [1.82, 2.24) is 9.80 Å². The second-order valence-corrected chi connectivity index (χ2v) is 9.97. The molecule has 2 aliphatic rings. The largest absolute Gasteiger partial charge is 0.486 e. The van der Waals surface area contributed by atoms with Gasteiger partial charge in [0.2, 0.25) is 0 Å². The van der Waals surface area contributed by atoms with Gasteiger partial charge in [-0.2, -0.15) is 0 Å². The van der Waals surface area contributed by atoms with Crippen molar-refractivity contribution < 1.29 is 28.9 Å². The topological polar surface area (TPSA) is 139 Å². The van der Waals surface area contributed by atoms with E-state index in [0.717, 1.165) is 18.7 Å². The van der Waals surface area contributed by atoms with Crippen molar-refractivity contribution in [3.05, 3.63) is 77.9 Å². The fraction of sp³-hybridized carbons (Fsp3) is 0.333. The molecular weight excluding hydrogens is 526 g/mol. The number of β-amino-alcohol motifs (C(OH)–C–C–N with tert-alkyl or cyclic N) is 1. The van der Waals surface area contributed by atoms with Crippen molar-refractivity contribution in [3.8, 4) is 11.5 Å². The van der Waals surface area contributed by atoms with E-state index in [1.165, 1.54) is 0 Å². The molecule has 41 heavy (non-hydrogen) atoms. The zero-order valence-electron chi connectivity index (χ0n) is 22.8. The molecule has 216 valence electrons. The zero-order chi connectivity index (χ0) is 28.6. The fourth-order valence-corrected chi connectivity index (χ4v) is 4.72. The Hall–Kier alpha value is -4.32. The number of para-hydroxylation sites is 2. The molecule has 2 heterocycles. The maximum absolute atomic E-state index is 13.4. The number of nitrogens with zero attached hydrogens (tertiary/aromatic N) is 2. The lowest BCUT2D eigenvalue weighted by molar-refractivity contribution is 0.00941. The molecule has 0 bridgehead atoms. The van der Waals surface area contributed by atoms with E-state index in [2.05, 4.69) is 15.5 Å². The van der Waals surface area contributed by atoms with E-state index in [9.17, 15) is 14.7 Å². The number of fused-ring (bicyclic) bond motifs is 1. The highest BCUT2D eigenvalue weighted by atomic mass is 16.6. The summed E-state index contributed by atoms with van der Waals surface area (Å²) in [5.41, 5.74) is 8.77. The molecule has 5 N–H and O–H groups in total. The van der Waals surface area contributed by atoms with Crippen LogP contribution in [0.3, 0.4) is 0 Å². The Morgan fingerprint density at radius 3 is 2.41 bits per heavy atom. The van der Waals surface area contributed by atoms with Gasteiger partial charge in [0.15, 0.2) is 11.5 Å². The van der Waals surface area contributed by atoms with Crippen molar-refractivity contribution in [1.29, 1.82) is 0 Å². The van der Waals surface area contributed by atoms with Crippen LogP contribution in [0.25, 0.3) is 0 Å². The number of benzene rings is 3. The number of hydrogen-bond donors (Lipinski definition) is 4. The number of nitrogen functional groups attached to an aromatic ring is 1. The second kappa shape index (κ2) is 13.4. The Morgan fingerprint density at radius 2 is 1.66 bits per heavy atom. The molecule has 2 aliphatic heterocycles. The number of nitrogens with one attached hydrogen (secondary N) is 2. The van der Waals surface area contributed by atoms with Gasteiger partial charge in [-0.25, -0.2) is 4.79 Å². The lowest BCUT2D eigenvalue weighted by Crippen LogP contribution is -2.46. The Morgan fingerprint density at radius 1 is 0.927 bits per heavy atom. The van der Waals surface area contributed by atoms with E-state index >= 15 is 0 Å². The van der Waals surface area contributed by atoms with Gasteiger partial charge < -0.3 is 40.6 Å². The molecule has 3 aromatic carbocycles. The van der Waals surface area contributed by atoms with E-state index in [1.807, 2.05) is 0 Å². The van der Waals surface area contributed by atoms with E-state index in [0.29, 0.717) is 67.1 Å². The summed E-state index contributed by atoms with van der Waals surface area (Å²) in [6.07, 6.45) is -0.763. The summed E-state index contributed by atoms with van der Waals surface area (Å²) in [6.45, 7) is 4.41. The Labute approximate surface area is 238 Å². The predicted molar refractivity (Wildman–Crippen MR) is 155 cm³/mol. The van der Waals surface area contributed by atoms with E-state index in [-0.39, 0.29) is 25.0 Å². The quantitative estimate of drug-likeness (QED) is 0.293. The monoisotopic (exact) mass is 561 g/mol. The summed E-state index contributed by atoms with van der Waals surface area (Å²) in [7, 11) is 0. The first-order valence-electron chi connectivity index (χ1n) is 13.6. The molecule has 0 saturated carbocycles. The number of amides is 3. The van der Waals surface area contributed by atoms with Gasteiger partial charge in [-0.3, -0.25) is 9.69 Å². The van der Waals surface area contributed by atoms with Crippen LogP contribution in [0.2, 0.25) is 0 Å². The SMILES string of the molecule is Nc1ccccc1NC(=O)c1ccc(CN(CC(O)CN2CCOCC2)C(=O)Nc2ccc3c(c2)OCCO3)cc1. The minimum atomic E-state index is -0.763. The zero-order valence-corrected chi connectivity index (χ0v) is 22.8. The summed E-state index contributed by atoms with van der Waals surface area (Å²) >= 11 is 0. The molecule has 11 heteroatoms. The highest BCUT2D eigenvalue weighted by Crippen LogP contribution is 2.32. The van der Waals surface area contributed by atoms with Crippen LogP contribution in [-0.2, 0) is 11.3 Å². The van der Waals surface area contributed by atoms with Gasteiger partial charge in [-0.1, -0.05) is 24.3 Å². The van der Waals surface area contributed by atoms with Crippen molar-refractivity contribution in [2.75, 3.05) is 69.0 Å². The number of aliphatic hydroxyl groups excluding tert-OH is 1. The lowest BCUT2D eigenvalue weighted by Gasteiger charge is -2.31. The molecule has 0 spiro atoms. The minimum absolute atomic E-state index is 0.114. The van der Waals surface area contributed by atoms with Crippen molar-refractivity contribution >= 4 is 29.0 Å². The first-order chi connectivity index (χ1) is 19.9. The maximum atomic E-state index is 13.4. The van der Waals surface area contributed by atoms with Crippen LogP contribution in [0.15, 0.2) is 66.7 Å². The van der Waals surface area contributed by atoms with Crippen LogP contribution >= 0.6 is 0 Å². The first-order valence-corrected chi connectivity index (χ1v) is 13.6. The molecule has 1 fully saturated rings. The van der Waals surface area contributed by atoms with Gasteiger partial charge in [0, 0.05) is 50.0 Å². The smallest absolute Gasteiger partial charge is 0.322 e. The van der Waals surface area contributed by atoms with E-state index < -0.39 is 6.10 Å². The van der Waals surface area contributed by atoms with Crippen LogP contribution in [0.4, 0.5) is 21.9 Å². The number of aliphatic hydroxyl groups is 1. The van der Waals surface area contributed by atoms with Crippen molar-refractivity contribution in [3.63, 3.8) is 0 Å². The highest BCUT2D eigenvalue weighted by molar-refractivity contribution is 6.05. The van der Waals surface area contributed by atoms with Crippen LogP contribution in [0, 0.1) is 0 Å². The number of carbonyl (C=O) groups is 2. The molecule has 11 nitrogen and oxygen atoms in total. The molecule has 1 atom stereocenters. The Kier molecular flexibility index (Phi) is 9.19. The minimum Gasteiger partial charge on any atom is -0.486 e. The normalized spacial score (nSPS) is 15.5. The number of hydrogen-bond acceptors (Lipinski definition) is 8. The first kappa shape index (κ1) is 28.2. The van der Waals surface area contributed by atoms with Crippen LogP contribution in [0.1, 0.15) is 15.9 Å². The summed E-state index contributed by atoms with van der Waals surface area (Å²) < 4.78 is 16.6. The van der Waals surface area contributed by atoms with Crippen molar-refractivity contribution in [2.24, 2.45) is 0 Å². The molecular formula is C30H35N5O6. The molecule has 5 rings (SSSR count). The maximum Gasteiger partial charge on any atom is 0.322 e. The van der Waals surface area contributed by atoms with Gasteiger partial charge >= 0.3 is 6.03 Å². The molecule has 0 radical (unpaired) electrons. The summed E-state index contributed by atoms with van der Waals surface area (Å²) in [5, 5.41) is 16.6. The molecule has 1 unspecified atom stereocenters. The van der Waals surface area contributed by atoms with Gasteiger partial charge in [0.25, 0.3) is 5.91 Å². The molecule has 3 aromatic rings. The standard InChI is InChI=1S/C30H35N5O6/c31-25-3-1-2-4-26(25)33-29(37)22-7-5-21(6-8-22)18-35(20-24(36)19-34-11-13-39-14-12-34)30(38)32-23-9-10-27-28(17-23)41-16-15-40-27/h1-10,17,24,36H,11-16,18-20,31H2,(H,32,38)(H,33,37). The van der Waals surface area contributed by atoms with Crippen LogP contribution in [-0.4, -0.2) is 85.6 Å². The van der Waals surface area contributed by atoms with Gasteiger partial charge in [-0.15, -0.1) is 0 Å². The number of anilines is 3. The van der Waals surface area contributed by atoms with Crippen molar-refractivity contribution in [2.45, 2.75) is 12.6 Å². The Balaban J connectivity index is 1.27. The molecule has 0 aromatic heterocycles. The summed E-state index contributed by atoms with van der Waals surface area (Å²) in [5.74, 6) is 0.911. The van der Waals surface area contributed by atoms with Crippen LogP contribution in [0.5, 0.6) is 11.5 Å². The summed E-state index contributed by atoms with van der Waals surface area (Å²) in [6, 6.07) is 18.9. The number of ether oxygens (including phenoxy) is 3. The average molecular weight is 562 g/mol. The van der Waals surface area contributed by atoms with Gasteiger partial charge in [0.1, 0.15) is 13.2 Å². The average Bonchev–Trinajstić information content (AvgIpc) is 2.98. The number of carbonyl (C=O) groups excluding carboxylic acids is 2. The van der Waals surface area contributed by atoms with Gasteiger partial charge in [-0.05, 0) is 42.0 Å². The Bertz CT molecular complexity index is 1350. The second-order valence-electron chi connectivity index (χ2n) is 9.97. The fourth-order valence-electron chi connectivity index (χ4n) is 4.72. The van der Waals surface area contributed by atoms with Gasteiger partial charge in [0.05, 0.1) is 30.7 Å². The number of morpholine rings is 1. The number of rotatable bonds is 9. The molecule has 0 aliphatic carbocycles. The molecule has 1 saturated heterocycles. The predicted octanol–water partition coefficient (Wildman–Crippen LogP) is 3.02. The highest BCUT2D eigenvalue weighted by Gasteiger charge is 2.22. The summed E-state index contributed by atoms with van der Waals surface area (Å²) in [4.78, 5) is 29.9. The number of nitrogens with two attached hydrogens (primary N) is 1.